The lowest BCUT2D eigenvalue weighted by Gasteiger charge is -2.16. The minimum Gasteiger partial charge on any atom is -0.466 e. The Bertz CT molecular complexity index is 459. The van der Waals surface area contributed by atoms with Gasteiger partial charge in [0.05, 0.1) is 13.2 Å². The molecule has 0 N–H and O–H groups in total. The lowest BCUT2D eigenvalue weighted by atomic mass is 10.2. The SMILES string of the molecule is C#C/C=C/C=C/[C@H]1OC(C)(C)O[C@H]1COCCCC(=O)OCC. The number of rotatable bonds is 9. The Morgan fingerprint density at radius 3 is 2.83 bits per heavy atom. The number of hydrogen-bond donors (Lipinski definition) is 0. The average molecular weight is 322 g/mol. The highest BCUT2D eigenvalue weighted by Crippen LogP contribution is 2.29. The largest absolute Gasteiger partial charge is 0.466 e. The van der Waals surface area contributed by atoms with Gasteiger partial charge < -0.3 is 18.9 Å². The molecule has 5 nitrogen and oxygen atoms in total. The first kappa shape index (κ1) is 19.4. The van der Waals surface area contributed by atoms with Gasteiger partial charge in [0.25, 0.3) is 0 Å². The summed E-state index contributed by atoms with van der Waals surface area (Å²) in [4.78, 5) is 11.2. The summed E-state index contributed by atoms with van der Waals surface area (Å²) in [5.74, 6) is 1.58. The van der Waals surface area contributed by atoms with E-state index in [0.29, 0.717) is 32.7 Å². The first-order chi connectivity index (χ1) is 11.0. The van der Waals surface area contributed by atoms with E-state index in [1.54, 1.807) is 19.1 Å². The zero-order chi connectivity index (χ0) is 17.1. The van der Waals surface area contributed by atoms with Gasteiger partial charge >= 0.3 is 5.97 Å². The molecule has 1 heterocycles. The molecule has 1 saturated heterocycles. The number of terminal acetylenes is 1. The Kier molecular flexibility index (Phi) is 8.64. The molecule has 128 valence electrons. The summed E-state index contributed by atoms with van der Waals surface area (Å²) in [6.07, 6.45) is 12.9. The van der Waals surface area contributed by atoms with Crippen molar-refractivity contribution in [2.45, 2.75) is 51.6 Å². The van der Waals surface area contributed by atoms with E-state index in [1.807, 2.05) is 26.0 Å². The summed E-state index contributed by atoms with van der Waals surface area (Å²) >= 11 is 0. The van der Waals surface area contributed by atoms with E-state index in [2.05, 4.69) is 5.92 Å². The van der Waals surface area contributed by atoms with E-state index in [4.69, 9.17) is 25.4 Å². The summed E-state index contributed by atoms with van der Waals surface area (Å²) in [6, 6.07) is 0. The van der Waals surface area contributed by atoms with Crippen molar-refractivity contribution in [1.29, 1.82) is 0 Å². The van der Waals surface area contributed by atoms with E-state index < -0.39 is 5.79 Å². The van der Waals surface area contributed by atoms with Gasteiger partial charge in [-0.3, -0.25) is 4.79 Å². The smallest absolute Gasteiger partial charge is 0.305 e. The summed E-state index contributed by atoms with van der Waals surface area (Å²) in [7, 11) is 0. The Labute approximate surface area is 138 Å². The van der Waals surface area contributed by atoms with Crippen molar-refractivity contribution in [2.24, 2.45) is 0 Å². The third-order valence-electron chi connectivity index (χ3n) is 3.08. The predicted octanol–water partition coefficient (Wildman–Crippen LogP) is 2.61. The molecule has 0 aromatic heterocycles. The monoisotopic (exact) mass is 322 g/mol. The average Bonchev–Trinajstić information content (AvgIpc) is 2.78. The molecule has 0 spiro atoms. The highest BCUT2D eigenvalue weighted by Gasteiger charge is 2.39. The Morgan fingerprint density at radius 2 is 2.13 bits per heavy atom. The molecule has 0 saturated carbocycles. The Morgan fingerprint density at radius 1 is 1.35 bits per heavy atom. The number of esters is 1. The lowest BCUT2D eigenvalue weighted by Crippen LogP contribution is -2.27. The van der Waals surface area contributed by atoms with Crippen LogP contribution in [0.4, 0.5) is 0 Å². The lowest BCUT2D eigenvalue weighted by molar-refractivity contribution is -0.148. The van der Waals surface area contributed by atoms with Crippen LogP contribution in [0.2, 0.25) is 0 Å². The van der Waals surface area contributed by atoms with Gasteiger partial charge in [-0.25, -0.2) is 0 Å². The third kappa shape index (κ3) is 7.98. The molecule has 2 atom stereocenters. The maximum Gasteiger partial charge on any atom is 0.305 e. The van der Waals surface area contributed by atoms with E-state index in [-0.39, 0.29) is 18.2 Å². The topological polar surface area (TPSA) is 54.0 Å². The molecule has 0 radical (unpaired) electrons. The van der Waals surface area contributed by atoms with E-state index in [0.717, 1.165) is 0 Å². The molecule has 0 aromatic carbocycles. The fourth-order valence-corrected chi connectivity index (χ4v) is 2.19. The highest BCUT2D eigenvalue weighted by atomic mass is 16.8. The fraction of sp³-hybridized carbons (Fsp3) is 0.611. The summed E-state index contributed by atoms with van der Waals surface area (Å²) in [6.45, 7) is 6.81. The van der Waals surface area contributed by atoms with Crippen LogP contribution >= 0.6 is 0 Å². The summed E-state index contributed by atoms with van der Waals surface area (Å²) < 4.78 is 22.1. The van der Waals surface area contributed by atoms with Crippen LogP contribution in [0.5, 0.6) is 0 Å². The first-order valence-corrected chi connectivity index (χ1v) is 7.87. The maximum absolute atomic E-state index is 11.2. The molecular formula is C18H26O5. The summed E-state index contributed by atoms with van der Waals surface area (Å²) in [5.41, 5.74) is 0. The van der Waals surface area contributed by atoms with E-state index >= 15 is 0 Å². The van der Waals surface area contributed by atoms with E-state index in [1.165, 1.54) is 0 Å². The van der Waals surface area contributed by atoms with Crippen molar-refractivity contribution in [3.05, 3.63) is 24.3 Å². The maximum atomic E-state index is 11.2. The molecular weight excluding hydrogens is 296 g/mol. The third-order valence-corrected chi connectivity index (χ3v) is 3.08. The molecule has 0 unspecified atom stereocenters. The zero-order valence-electron chi connectivity index (χ0n) is 14.1. The van der Waals surface area contributed by atoms with Gasteiger partial charge in [0.15, 0.2) is 5.79 Å². The number of hydrogen-bond acceptors (Lipinski definition) is 5. The van der Waals surface area contributed by atoms with Gasteiger partial charge in [-0.05, 0) is 33.3 Å². The van der Waals surface area contributed by atoms with Gasteiger partial charge in [-0.15, -0.1) is 6.42 Å². The molecule has 23 heavy (non-hydrogen) atoms. The van der Waals surface area contributed by atoms with Crippen molar-refractivity contribution in [3.63, 3.8) is 0 Å². The fourth-order valence-electron chi connectivity index (χ4n) is 2.19. The molecule has 1 fully saturated rings. The first-order valence-electron chi connectivity index (χ1n) is 7.87. The van der Waals surface area contributed by atoms with Crippen LogP contribution in [-0.2, 0) is 23.7 Å². The van der Waals surface area contributed by atoms with Crippen molar-refractivity contribution >= 4 is 5.97 Å². The number of ether oxygens (including phenoxy) is 4. The second-order valence-corrected chi connectivity index (χ2v) is 5.53. The predicted molar refractivity (Wildman–Crippen MR) is 87.6 cm³/mol. The zero-order valence-corrected chi connectivity index (χ0v) is 14.1. The molecule has 0 aliphatic carbocycles. The minimum absolute atomic E-state index is 0.192. The molecule has 0 bridgehead atoms. The molecule has 5 heteroatoms. The van der Waals surface area contributed by atoms with Gasteiger partial charge in [-0.1, -0.05) is 24.1 Å². The number of carbonyl (C=O) groups excluding carboxylic acids is 1. The number of carbonyl (C=O) groups is 1. The van der Waals surface area contributed by atoms with Crippen LogP contribution in [-0.4, -0.2) is 43.8 Å². The Hall–Kier alpha value is -1.61. The summed E-state index contributed by atoms with van der Waals surface area (Å²) in [5, 5.41) is 0. The van der Waals surface area contributed by atoms with Crippen LogP contribution in [0, 0.1) is 12.3 Å². The van der Waals surface area contributed by atoms with Crippen molar-refractivity contribution in [2.75, 3.05) is 19.8 Å². The Balaban J connectivity index is 2.34. The van der Waals surface area contributed by atoms with Crippen LogP contribution in [0.15, 0.2) is 24.3 Å². The van der Waals surface area contributed by atoms with E-state index in [9.17, 15) is 4.79 Å². The second kappa shape index (κ2) is 10.2. The van der Waals surface area contributed by atoms with Crippen LogP contribution in [0.25, 0.3) is 0 Å². The second-order valence-electron chi connectivity index (χ2n) is 5.53. The van der Waals surface area contributed by atoms with Gasteiger partial charge in [0, 0.05) is 13.0 Å². The molecule has 0 amide bonds. The molecule has 1 rings (SSSR count). The molecule has 1 aliphatic heterocycles. The van der Waals surface area contributed by atoms with Crippen LogP contribution in [0.1, 0.15) is 33.6 Å². The van der Waals surface area contributed by atoms with Gasteiger partial charge in [-0.2, -0.15) is 0 Å². The van der Waals surface area contributed by atoms with Crippen LogP contribution < -0.4 is 0 Å². The van der Waals surface area contributed by atoms with Crippen molar-refractivity contribution in [3.8, 4) is 12.3 Å². The number of allylic oxidation sites excluding steroid dienone is 3. The van der Waals surface area contributed by atoms with Crippen LogP contribution in [0.3, 0.4) is 0 Å². The quantitative estimate of drug-likeness (QED) is 0.283. The molecule has 0 aromatic rings. The van der Waals surface area contributed by atoms with Gasteiger partial charge in [0.1, 0.15) is 12.2 Å². The highest BCUT2D eigenvalue weighted by molar-refractivity contribution is 5.69. The normalized spacial score (nSPS) is 23.4. The standard InChI is InChI=1S/C18H26O5/c1-5-7-8-9-11-15-16(23-18(3,4)22-15)14-20-13-10-12-17(19)21-6-2/h1,7-9,11,15-16H,6,10,12-14H2,2-4H3/b8-7+,11-9+/t15-,16+/m1/s1. The van der Waals surface area contributed by atoms with Crippen molar-refractivity contribution in [1.82, 2.24) is 0 Å². The van der Waals surface area contributed by atoms with Gasteiger partial charge in [0.2, 0.25) is 0 Å². The van der Waals surface area contributed by atoms with Crippen molar-refractivity contribution < 1.29 is 23.7 Å². The molecule has 1 aliphatic rings. The minimum atomic E-state index is -0.649.